The van der Waals surface area contributed by atoms with E-state index in [1.165, 1.54) is 17.7 Å². The molecule has 0 radical (unpaired) electrons. The standard InChI is InChI=1S/C21H21FN2O2/c1-25-21-12-18(14-24-13-16-8-10-23-11-9-16)4-7-20(21)26-15-17-2-5-19(22)6-3-17/h2-12,24H,13-15H2,1H3/p+1. The lowest BCUT2D eigenvalue weighted by atomic mass is 10.2. The molecule has 134 valence electrons. The van der Waals surface area contributed by atoms with Crippen molar-refractivity contribution in [2.45, 2.75) is 19.7 Å². The van der Waals surface area contributed by atoms with Gasteiger partial charge >= 0.3 is 0 Å². The summed E-state index contributed by atoms with van der Waals surface area (Å²) in [6.45, 7) is 2.11. The van der Waals surface area contributed by atoms with E-state index in [4.69, 9.17) is 9.47 Å². The van der Waals surface area contributed by atoms with E-state index in [-0.39, 0.29) is 5.82 Å². The Labute approximate surface area is 152 Å². The van der Waals surface area contributed by atoms with Gasteiger partial charge in [0.1, 0.15) is 25.5 Å². The Morgan fingerprint density at radius 3 is 2.27 bits per heavy atom. The number of hydrogen-bond donors (Lipinski definition) is 1. The Hall–Kier alpha value is -2.92. The second-order valence-electron chi connectivity index (χ2n) is 5.95. The zero-order valence-electron chi connectivity index (χ0n) is 14.7. The van der Waals surface area contributed by atoms with Crippen molar-refractivity contribution in [2.75, 3.05) is 7.11 Å². The van der Waals surface area contributed by atoms with Gasteiger partial charge in [0.15, 0.2) is 11.5 Å². The molecule has 2 aromatic carbocycles. The van der Waals surface area contributed by atoms with E-state index < -0.39 is 0 Å². The number of ether oxygens (including phenoxy) is 2. The molecule has 26 heavy (non-hydrogen) atoms. The number of rotatable bonds is 8. The Kier molecular flexibility index (Phi) is 6.17. The van der Waals surface area contributed by atoms with Crippen LogP contribution in [-0.4, -0.2) is 12.1 Å². The monoisotopic (exact) mass is 353 g/mol. The molecule has 0 aliphatic heterocycles. The van der Waals surface area contributed by atoms with Crippen LogP contribution in [0.1, 0.15) is 16.7 Å². The molecule has 0 aliphatic rings. The summed E-state index contributed by atoms with van der Waals surface area (Å²) < 4.78 is 24.2. The minimum absolute atomic E-state index is 0.251. The highest BCUT2D eigenvalue weighted by Crippen LogP contribution is 2.28. The summed E-state index contributed by atoms with van der Waals surface area (Å²) in [4.78, 5) is 4.02. The van der Waals surface area contributed by atoms with E-state index in [0.717, 1.165) is 24.2 Å². The van der Waals surface area contributed by atoms with Gasteiger partial charge < -0.3 is 14.8 Å². The van der Waals surface area contributed by atoms with Crippen molar-refractivity contribution in [3.05, 3.63) is 89.5 Å². The van der Waals surface area contributed by atoms with Crippen LogP contribution in [0.3, 0.4) is 0 Å². The van der Waals surface area contributed by atoms with E-state index in [9.17, 15) is 4.39 Å². The third kappa shape index (κ3) is 5.04. The fourth-order valence-corrected chi connectivity index (χ4v) is 2.62. The summed E-state index contributed by atoms with van der Waals surface area (Å²) >= 11 is 0. The highest BCUT2D eigenvalue weighted by atomic mass is 19.1. The van der Waals surface area contributed by atoms with Crippen LogP contribution in [0.15, 0.2) is 67.0 Å². The maximum absolute atomic E-state index is 13.0. The van der Waals surface area contributed by atoms with Gasteiger partial charge in [0.05, 0.1) is 7.11 Å². The van der Waals surface area contributed by atoms with Crippen LogP contribution in [-0.2, 0) is 19.7 Å². The van der Waals surface area contributed by atoms with Crippen LogP contribution >= 0.6 is 0 Å². The van der Waals surface area contributed by atoms with Crippen molar-refractivity contribution >= 4 is 0 Å². The van der Waals surface area contributed by atoms with Gasteiger partial charge in [-0.1, -0.05) is 12.1 Å². The third-order valence-electron chi connectivity index (χ3n) is 4.05. The average molecular weight is 353 g/mol. The molecule has 4 nitrogen and oxygen atoms in total. The minimum Gasteiger partial charge on any atom is -0.493 e. The van der Waals surface area contributed by atoms with Crippen LogP contribution in [0.25, 0.3) is 0 Å². The number of quaternary nitrogens is 1. The molecule has 0 saturated heterocycles. The lowest BCUT2D eigenvalue weighted by Crippen LogP contribution is -2.80. The molecule has 0 saturated carbocycles. The number of nitrogens with zero attached hydrogens (tertiary/aromatic N) is 1. The van der Waals surface area contributed by atoms with E-state index in [1.54, 1.807) is 31.6 Å². The molecule has 0 amide bonds. The van der Waals surface area contributed by atoms with Crippen molar-refractivity contribution in [3.63, 3.8) is 0 Å². The van der Waals surface area contributed by atoms with Crippen molar-refractivity contribution in [1.82, 2.24) is 4.98 Å². The van der Waals surface area contributed by atoms with Gasteiger partial charge in [-0.2, -0.15) is 0 Å². The van der Waals surface area contributed by atoms with Gasteiger partial charge in [-0.15, -0.1) is 0 Å². The summed E-state index contributed by atoms with van der Waals surface area (Å²) in [6.07, 6.45) is 3.61. The van der Waals surface area contributed by atoms with Crippen LogP contribution < -0.4 is 14.8 Å². The maximum atomic E-state index is 13.0. The zero-order valence-corrected chi connectivity index (χ0v) is 14.7. The van der Waals surface area contributed by atoms with Crippen molar-refractivity contribution in [2.24, 2.45) is 0 Å². The first kappa shape index (κ1) is 17.9. The summed E-state index contributed by atoms with van der Waals surface area (Å²) in [6, 6.07) is 16.3. The topological polar surface area (TPSA) is 48.0 Å². The van der Waals surface area contributed by atoms with Gasteiger partial charge in [-0.3, -0.25) is 4.98 Å². The molecule has 0 atom stereocenters. The molecule has 0 fully saturated rings. The van der Waals surface area contributed by atoms with Gasteiger partial charge in [-0.05, 0) is 48.0 Å². The Bertz CT molecular complexity index is 823. The minimum atomic E-state index is -0.251. The zero-order chi connectivity index (χ0) is 18.2. The molecule has 1 heterocycles. The predicted molar refractivity (Wildman–Crippen MR) is 97.3 cm³/mol. The smallest absolute Gasteiger partial charge is 0.161 e. The van der Waals surface area contributed by atoms with E-state index in [0.29, 0.717) is 18.1 Å². The maximum Gasteiger partial charge on any atom is 0.161 e. The summed E-state index contributed by atoms with van der Waals surface area (Å²) in [5, 5.41) is 2.23. The molecule has 5 heteroatoms. The van der Waals surface area contributed by atoms with Crippen molar-refractivity contribution in [1.29, 1.82) is 0 Å². The number of methoxy groups -OCH3 is 1. The molecule has 0 bridgehead atoms. The highest BCUT2D eigenvalue weighted by molar-refractivity contribution is 5.42. The quantitative estimate of drug-likeness (QED) is 0.677. The second-order valence-corrected chi connectivity index (χ2v) is 5.95. The number of aromatic nitrogens is 1. The molecule has 0 unspecified atom stereocenters. The predicted octanol–water partition coefficient (Wildman–Crippen LogP) is 3.07. The first-order chi connectivity index (χ1) is 12.7. The van der Waals surface area contributed by atoms with E-state index in [1.807, 2.05) is 30.3 Å². The third-order valence-corrected chi connectivity index (χ3v) is 4.05. The Morgan fingerprint density at radius 1 is 0.846 bits per heavy atom. The SMILES string of the molecule is COc1cc(C[NH2+]Cc2ccncc2)ccc1OCc1ccc(F)cc1. The summed E-state index contributed by atoms with van der Waals surface area (Å²) in [5.74, 6) is 1.12. The largest absolute Gasteiger partial charge is 0.493 e. The van der Waals surface area contributed by atoms with Crippen LogP contribution in [0.2, 0.25) is 0 Å². The molecular weight excluding hydrogens is 331 g/mol. The van der Waals surface area contributed by atoms with Gasteiger partial charge in [-0.25, -0.2) is 4.39 Å². The number of pyridine rings is 1. The van der Waals surface area contributed by atoms with Crippen LogP contribution in [0, 0.1) is 5.82 Å². The average Bonchev–Trinajstić information content (AvgIpc) is 2.69. The first-order valence-corrected chi connectivity index (χ1v) is 8.49. The van der Waals surface area contributed by atoms with Crippen LogP contribution in [0.4, 0.5) is 4.39 Å². The van der Waals surface area contributed by atoms with Gasteiger partial charge in [0.25, 0.3) is 0 Å². The number of halogens is 1. The second kappa shape index (κ2) is 8.97. The van der Waals surface area contributed by atoms with E-state index >= 15 is 0 Å². The van der Waals surface area contributed by atoms with E-state index in [2.05, 4.69) is 10.3 Å². The van der Waals surface area contributed by atoms with Gasteiger partial charge in [0, 0.05) is 23.5 Å². The number of nitrogens with two attached hydrogens (primary N) is 1. The Balaban J connectivity index is 1.57. The molecule has 1 aromatic heterocycles. The Morgan fingerprint density at radius 2 is 1.54 bits per heavy atom. The summed E-state index contributed by atoms with van der Waals surface area (Å²) in [7, 11) is 1.63. The van der Waals surface area contributed by atoms with Crippen LogP contribution in [0.5, 0.6) is 11.5 Å². The fourth-order valence-electron chi connectivity index (χ4n) is 2.62. The molecule has 2 N–H and O–H groups in total. The lowest BCUT2D eigenvalue weighted by molar-refractivity contribution is -0.686. The first-order valence-electron chi connectivity index (χ1n) is 8.49. The number of hydrogen-bond acceptors (Lipinski definition) is 3. The normalized spacial score (nSPS) is 10.5. The highest BCUT2D eigenvalue weighted by Gasteiger charge is 2.08. The summed E-state index contributed by atoms with van der Waals surface area (Å²) in [5.41, 5.74) is 3.31. The molecular formula is C21H22FN2O2+. The molecule has 3 aromatic rings. The molecule has 0 spiro atoms. The molecule has 3 rings (SSSR count). The van der Waals surface area contributed by atoms with Crippen molar-refractivity contribution < 1.29 is 19.2 Å². The fraction of sp³-hybridized carbons (Fsp3) is 0.190. The molecule has 0 aliphatic carbocycles. The van der Waals surface area contributed by atoms with Crippen molar-refractivity contribution in [3.8, 4) is 11.5 Å². The number of benzene rings is 2. The van der Waals surface area contributed by atoms with Gasteiger partial charge in [0.2, 0.25) is 0 Å². The lowest BCUT2D eigenvalue weighted by Gasteiger charge is -2.12.